The molecule has 0 radical (unpaired) electrons. The quantitative estimate of drug-likeness (QED) is 0.514. The zero-order chi connectivity index (χ0) is 18.5. The Labute approximate surface area is 154 Å². The van der Waals surface area contributed by atoms with Gasteiger partial charge >= 0.3 is 0 Å². The normalized spacial score (nSPS) is 16.3. The number of rotatable bonds is 2. The Balaban J connectivity index is 1.50. The molecule has 3 N–H and O–H groups in total. The van der Waals surface area contributed by atoms with E-state index in [1.54, 1.807) is 6.07 Å². The third-order valence-electron chi connectivity index (χ3n) is 4.85. The molecule has 0 fully saturated rings. The number of hydrogen-bond acceptors (Lipinski definition) is 3. The standard InChI is InChI=1S/C20H17N5O2/c1-11-10-25-16-9-13(7-6-12(16)8-17(25)19(27)21-11)18(26)24-20-22-14-4-2-3-5-15(14)23-20/h2-9,11H,10H2,1H3,(H,21,27)(H2,22,23,24,26). The highest BCUT2D eigenvalue weighted by molar-refractivity contribution is 6.07. The molecule has 0 spiro atoms. The van der Waals surface area contributed by atoms with E-state index in [9.17, 15) is 9.59 Å². The largest absolute Gasteiger partial charge is 0.347 e. The summed E-state index contributed by atoms with van der Waals surface area (Å²) in [5, 5.41) is 6.68. The Morgan fingerprint density at radius 1 is 1.22 bits per heavy atom. The Morgan fingerprint density at radius 3 is 2.93 bits per heavy atom. The Morgan fingerprint density at radius 2 is 2.07 bits per heavy atom. The van der Waals surface area contributed by atoms with E-state index in [0.717, 1.165) is 21.9 Å². The SMILES string of the molecule is CC1Cn2c(cc3ccc(C(=O)Nc4nc5ccccc5[nH]4)cc32)C(=O)N1. The highest BCUT2D eigenvalue weighted by Gasteiger charge is 2.24. The molecular weight excluding hydrogens is 342 g/mol. The van der Waals surface area contributed by atoms with E-state index in [-0.39, 0.29) is 17.9 Å². The second-order valence-corrected chi connectivity index (χ2v) is 6.84. The number of amides is 2. The number of nitrogens with zero attached hydrogens (tertiary/aromatic N) is 2. The van der Waals surface area contributed by atoms with Crippen molar-refractivity contribution in [1.82, 2.24) is 19.9 Å². The molecule has 4 aromatic rings. The van der Waals surface area contributed by atoms with Crippen molar-refractivity contribution in [2.45, 2.75) is 19.5 Å². The van der Waals surface area contributed by atoms with Crippen molar-refractivity contribution in [2.75, 3.05) is 5.32 Å². The zero-order valence-electron chi connectivity index (χ0n) is 14.6. The highest BCUT2D eigenvalue weighted by atomic mass is 16.2. The second-order valence-electron chi connectivity index (χ2n) is 6.84. The molecule has 3 heterocycles. The number of benzene rings is 2. The van der Waals surface area contributed by atoms with E-state index in [0.29, 0.717) is 23.8 Å². The molecule has 2 aromatic heterocycles. The molecule has 0 saturated carbocycles. The van der Waals surface area contributed by atoms with Crippen LogP contribution >= 0.6 is 0 Å². The van der Waals surface area contributed by atoms with Crippen molar-refractivity contribution in [2.24, 2.45) is 0 Å². The fourth-order valence-corrected chi connectivity index (χ4v) is 3.59. The second kappa shape index (κ2) is 5.70. The molecule has 1 unspecified atom stereocenters. The van der Waals surface area contributed by atoms with Crippen LogP contribution in [-0.4, -0.2) is 32.4 Å². The average Bonchev–Trinajstić information content (AvgIpc) is 3.22. The first kappa shape index (κ1) is 15.6. The summed E-state index contributed by atoms with van der Waals surface area (Å²) in [6, 6.07) is 15.0. The minimum absolute atomic E-state index is 0.0497. The number of para-hydroxylation sites is 2. The zero-order valence-corrected chi connectivity index (χ0v) is 14.6. The molecule has 2 amide bonds. The van der Waals surface area contributed by atoms with Crippen molar-refractivity contribution < 1.29 is 9.59 Å². The van der Waals surface area contributed by atoms with Crippen LogP contribution in [0.4, 0.5) is 5.95 Å². The first-order chi connectivity index (χ1) is 13.1. The molecule has 7 nitrogen and oxygen atoms in total. The number of imidazole rings is 1. The van der Waals surface area contributed by atoms with Gasteiger partial charge in [-0.3, -0.25) is 14.9 Å². The molecule has 1 aliphatic heterocycles. The summed E-state index contributed by atoms with van der Waals surface area (Å²) < 4.78 is 1.97. The van der Waals surface area contributed by atoms with Crippen LogP contribution in [0.1, 0.15) is 27.8 Å². The number of carbonyl (C=O) groups is 2. The predicted octanol–water partition coefficient (Wildman–Crippen LogP) is 2.90. The van der Waals surface area contributed by atoms with E-state index in [4.69, 9.17) is 0 Å². The van der Waals surface area contributed by atoms with Gasteiger partial charge in [-0.1, -0.05) is 18.2 Å². The molecule has 2 aromatic carbocycles. The van der Waals surface area contributed by atoms with Crippen LogP contribution in [0.25, 0.3) is 21.9 Å². The molecule has 5 rings (SSSR count). The van der Waals surface area contributed by atoms with Gasteiger partial charge in [-0.05, 0) is 37.3 Å². The number of aromatic nitrogens is 3. The lowest BCUT2D eigenvalue weighted by Crippen LogP contribution is -2.42. The number of H-pyrrole nitrogens is 1. The Bertz CT molecular complexity index is 1190. The van der Waals surface area contributed by atoms with Gasteiger partial charge in [0.15, 0.2) is 0 Å². The number of anilines is 1. The van der Waals surface area contributed by atoms with Crippen LogP contribution in [0.5, 0.6) is 0 Å². The topological polar surface area (TPSA) is 91.8 Å². The molecule has 0 bridgehead atoms. The van der Waals surface area contributed by atoms with Gasteiger partial charge in [-0.15, -0.1) is 0 Å². The number of carbonyl (C=O) groups excluding carboxylic acids is 2. The van der Waals surface area contributed by atoms with Gasteiger partial charge < -0.3 is 14.9 Å². The summed E-state index contributed by atoms with van der Waals surface area (Å²) in [6.07, 6.45) is 0. The highest BCUT2D eigenvalue weighted by Crippen LogP contribution is 2.24. The molecule has 134 valence electrons. The van der Waals surface area contributed by atoms with Gasteiger partial charge in [0.25, 0.3) is 11.8 Å². The maximum Gasteiger partial charge on any atom is 0.268 e. The third-order valence-corrected chi connectivity index (χ3v) is 4.85. The molecule has 27 heavy (non-hydrogen) atoms. The minimum Gasteiger partial charge on any atom is -0.347 e. The van der Waals surface area contributed by atoms with Crippen LogP contribution in [-0.2, 0) is 6.54 Å². The van der Waals surface area contributed by atoms with Gasteiger partial charge in [0, 0.05) is 29.1 Å². The minimum atomic E-state index is -0.250. The number of nitrogens with one attached hydrogen (secondary N) is 3. The molecule has 0 aliphatic carbocycles. The van der Waals surface area contributed by atoms with E-state index < -0.39 is 0 Å². The molecule has 0 saturated heterocycles. The maximum atomic E-state index is 12.7. The summed E-state index contributed by atoms with van der Waals surface area (Å²) in [4.78, 5) is 32.3. The Kier molecular flexibility index (Phi) is 3.30. The fraction of sp³-hybridized carbons (Fsp3) is 0.150. The maximum absolute atomic E-state index is 12.7. The lowest BCUT2D eigenvalue weighted by Gasteiger charge is -2.23. The molecule has 1 aliphatic rings. The van der Waals surface area contributed by atoms with Crippen molar-refractivity contribution in [3.05, 3.63) is 59.8 Å². The number of hydrogen-bond donors (Lipinski definition) is 3. The van der Waals surface area contributed by atoms with E-state index in [1.165, 1.54) is 0 Å². The van der Waals surface area contributed by atoms with Gasteiger partial charge in [0.05, 0.1) is 11.0 Å². The van der Waals surface area contributed by atoms with Crippen molar-refractivity contribution in [3.8, 4) is 0 Å². The van der Waals surface area contributed by atoms with Crippen LogP contribution < -0.4 is 10.6 Å². The van der Waals surface area contributed by atoms with Gasteiger partial charge in [-0.25, -0.2) is 4.98 Å². The smallest absolute Gasteiger partial charge is 0.268 e. The molecule has 1 atom stereocenters. The summed E-state index contributed by atoms with van der Waals surface area (Å²) in [6.45, 7) is 2.64. The third kappa shape index (κ3) is 2.55. The van der Waals surface area contributed by atoms with Crippen LogP contribution in [0.15, 0.2) is 48.5 Å². The monoisotopic (exact) mass is 359 g/mol. The summed E-state index contributed by atoms with van der Waals surface area (Å²) in [7, 11) is 0. The first-order valence-electron chi connectivity index (χ1n) is 8.79. The predicted molar refractivity (Wildman–Crippen MR) is 103 cm³/mol. The molecule has 7 heteroatoms. The number of fused-ring (bicyclic) bond motifs is 4. The summed E-state index contributed by atoms with van der Waals surface area (Å²) >= 11 is 0. The van der Waals surface area contributed by atoms with E-state index in [2.05, 4.69) is 20.6 Å². The van der Waals surface area contributed by atoms with E-state index >= 15 is 0 Å². The Hall–Kier alpha value is -3.61. The van der Waals surface area contributed by atoms with Crippen molar-refractivity contribution >= 4 is 39.7 Å². The van der Waals surface area contributed by atoms with Crippen LogP contribution in [0.3, 0.4) is 0 Å². The van der Waals surface area contributed by atoms with E-state index in [1.807, 2.05) is 54.0 Å². The van der Waals surface area contributed by atoms with Crippen LogP contribution in [0, 0.1) is 0 Å². The van der Waals surface area contributed by atoms with Gasteiger partial charge in [0.2, 0.25) is 5.95 Å². The summed E-state index contributed by atoms with van der Waals surface area (Å²) in [5.74, 6) is 0.0736. The van der Waals surface area contributed by atoms with Crippen LogP contribution in [0.2, 0.25) is 0 Å². The van der Waals surface area contributed by atoms with Crippen molar-refractivity contribution in [3.63, 3.8) is 0 Å². The summed E-state index contributed by atoms with van der Waals surface area (Å²) in [5.41, 5.74) is 3.68. The molecular formula is C20H17N5O2. The first-order valence-corrected chi connectivity index (χ1v) is 8.79. The lowest BCUT2D eigenvalue weighted by atomic mass is 10.1. The van der Waals surface area contributed by atoms with Gasteiger partial charge in [0.1, 0.15) is 5.69 Å². The van der Waals surface area contributed by atoms with Gasteiger partial charge in [-0.2, -0.15) is 0 Å². The fourth-order valence-electron chi connectivity index (χ4n) is 3.59. The lowest BCUT2D eigenvalue weighted by molar-refractivity contribution is 0.0907. The van der Waals surface area contributed by atoms with Crippen molar-refractivity contribution in [1.29, 1.82) is 0 Å². The number of aromatic amines is 1. The average molecular weight is 359 g/mol.